The molecule has 0 radical (unpaired) electrons. The highest BCUT2D eigenvalue weighted by atomic mass is 79.9. The minimum atomic E-state index is 0.176. The van der Waals surface area contributed by atoms with Crippen LogP contribution in [0.3, 0.4) is 0 Å². The summed E-state index contributed by atoms with van der Waals surface area (Å²) >= 11 is 3.48. The SMILES string of the molecule is Cc1c(Br)cccc1C(=O)N1CCCC(C)C1. The molecule has 0 aromatic heterocycles. The molecular formula is C14H18BrNO. The Morgan fingerprint density at radius 2 is 2.24 bits per heavy atom. The molecule has 17 heavy (non-hydrogen) atoms. The largest absolute Gasteiger partial charge is 0.338 e. The lowest BCUT2D eigenvalue weighted by Gasteiger charge is -2.31. The van der Waals surface area contributed by atoms with Crippen molar-refractivity contribution in [2.45, 2.75) is 26.7 Å². The molecule has 1 saturated heterocycles. The lowest BCUT2D eigenvalue weighted by molar-refractivity contribution is 0.0682. The van der Waals surface area contributed by atoms with Gasteiger partial charge < -0.3 is 4.90 Å². The monoisotopic (exact) mass is 295 g/mol. The van der Waals surface area contributed by atoms with Gasteiger partial charge in [-0.2, -0.15) is 0 Å². The Kier molecular flexibility index (Phi) is 3.87. The fourth-order valence-corrected chi connectivity index (χ4v) is 2.75. The van der Waals surface area contributed by atoms with E-state index in [1.165, 1.54) is 6.42 Å². The molecule has 1 aliphatic heterocycles. The Balaban J connectivity index is 2.22. The van der Waals surface area contributed by atoms with Crippen LogP contribution in [0.5, 0.6) is 0 Å². The van der Waals surface area contributed by atoms with Crippen LogP contribution in [0.1, 0.15) is 35.7 Å². The van der Waals surface area contributed by atoms with Crippen LogP contribution >= 0.6 is 15.9 Å². The van der Waals surface area contributed by atoms with E-state index in [2.05, 4.69) is 22.9 Å². The fourth-order valence-electron chi connectivity index (χ4n) is 2.38. The maximum Gasteiger partial charge on any atom is 0.254 e. The molecule has 1 aromatic rings. The standard InChI is InChI=1S/C14H18BrNO/c1-10-5-4-8-16(9-10)14(17)12-6-3-7-13(15)11(12)2/h3,6-7,10H,4-5,8-9H2,1-2H3. The molecule has 1 heterocycles. The van der Waals surface area contributed by atoms with Crippen LogP contribution in [-0.2, 0) is 0 Å². The van der Waals surface area contributed by atoms with Gasteiger partial charge in [-0.15, -0.1) is 0 Å². The molecule has 1 fully saturated rings. The third-order valence-electron chi connectivity index (χ3n) is 3.44. The van der Waals surface area contributed by atoms with E-state index in [0.29, 0.717) is 5.92 Å². The van der Waals surface area contributed by atoms with Gasteiger partial charge in [0, 0.05) is 23.1 Å². The quantitative estimate of drug-likeness (QED) is 0.775. The highest BCUT2D eigenvalue weighted by molar-refractivity contribution is 9.10. The van der Waals surface area contributed by atoms with Crippen molar-refractivity contribution >= 4 is 21.8 Å². The van der Waals surface area contributed by atoms with E-state index in [1.807, 2.05) is 30.0 Å². The van der Waals surface area contributed by atoms with E-state index in [-0.39, 0.29) is 5.91 Å². The Morgan fingerprint density at radius 3 is 2.94 bits per heavy atom. The second-order valence-corrected chi connectivity index (χ2v) is 5.77. The lowest BCUT2D eigenvalue weighted by atomic mass is 9.99. The third-order valence-corrected chi connectivity index (χ3v) is 4.30. The number of benzene rings is 1. The molecule has 0 bridgehead atoms. The molecule has 1 unspecified atom stereocenters. The second-order valence-electron chi connectivity index (χ2n) is 4.91. The smallest absolute Gasteiger partial charge is 0.254 e. The lowest BCUT2D eigenvalue weighted by Crippen LogP contribution is -2.39. The first-order chi connectivity index (χ1) is 8.09. The first-order valence-electron chi connectivity index (χ1n) is 6.14. The number of piperidine rings is 1. The average Bonchev–Trinajstić information content (AvgIpc) is 2.32. The summed E-state index contributed by atoms with van der Waals surface area (Å²) in [6.07, 6.45) is 2.36. The first kappa shape index (κ1) is 12.6. The van der Waals surface area contributed by atoms with E-state index < -0.39 is 0 Å². The summed E-state index contributed by atoms with van der Waals surface area (Å²) in [5.41, 5.74) is 1.87. The molecule has 2 rings (SSSR count). The summed E-state index contributed by atoms with van der Waals surface area (Å²) in [6, 6.07) is 5.82. The summed E-state index contributed by atoms with van der Waals surface area (Å²) in [5, 5.41) is 0. The highest BCUT2D eigenvalue weighted by Gasteiger charge is 2.23. The van der Waals surface area contributed by atoms with Crippen molar-refractivity contribution in [3.63, 3.8) is 0 Å². The summed E-state index contributed by atoms with van der Waals surface area (Å²) < 4.78 is 1.01. The van der Waals surface area contributed by atoms with Gasteiger partial charge in [0.15, 0.2) is 0 Å². The minimum Gasteiger partial charge on any atom is -0.338 e. The second kappa shape index (κ2) is 5.21. The summed E-state index contributed by atoms with van der Waals surface area (Å²) in [5.74, 6) is 0.801. The summed E-state index contributed by atoms with van der Waals surface area (Å²) in [7, 11) is 0. The predicted molar refractivity (Wildman–Crippen MR) is 73.2 cm³/mol. The van der Waals surface area contributed by atoms with E-state index in [9.17, 15) is 4.79 Å². The van der Waals surface area contributed by atoms with Crippen molar-refractivity contribution < 1.29 is 4.79 Å². The van der Waals surface area contributed by atoms with Gasteiger partial charge in [0.1, 0.15) is 0 Å². The van der Waals surface area contributed by atoms with Crippen molar-refractivity contribution in [3.8, 4) is 0 Å². The van der Waals surface area contributed by atoms with Crippen LogP contribution in [0.4, 0.5) is 0 Å². The van der Waals surface area contributed by atoms with Gasteiger partial charge >= 0.3 is 0 Å². The van der Waals surface area contributed by atoms with Crippen LogP contribution in [0.15, 0.2) is 22.7 Å². The van der Waals surface area contributed by atoms with Gasteiger partial charge in [0.05, 0.1) is 0 Å². The molecule has 0 aliphatic carbocycles. The number of carbonyl (C=O) groups excluding carboxylic acids is 1. The molecule has 1 amide bonds. The molecular weight excluding hydrogens is 278 g/mol. The van der Waals surface area contributed by atoms with Crippen molar-refractivity contribution in [2.24, 2.45) is 5.92 Å². The van der Waals surface area contributed by atoms with Crippen molar-refractivity contribution in [3.05, 3.63) is 33.8 Å². The van der Waals surface area contributed by atoms with Crippen LogP contribution in [0, 0.1) is 12.8 Å². The fraction of sp³-hybridized carbons (Fsp3) is 0.500. The number of amides is 1. The molecule has 0 saturated carbocycles. The van der Waals surface area contributed by atoms with Crippen molar-refractivity contribution in [1.82, 2.24) is 4.90 Å². The minimum absolute atomic E-state index is 0.176. The Morgan fingerprint density at radius 1 is 1.47 bits per heavy atom. The zero-order valence-electron chi connectivity index (χ0n) is 10.4. The van der Waals surface area contributed by atoms with Crippen LogP contribution in [0.25, 0.3) is 0 Å². The van der Waals surface area contributed by atoms with Gasteiger partial charge in [-0.3, -0.25) is 4.79 Å². The van der Waals surface area contributed by atoms with Gasteiger partial charge in [0.2, 0.25) is 0 Å². The number of hydrogen-bond acceptors (Lipinski definition) is 1. The Labute approximate surface area is 111 Å². The molecule has 92 valence electrons. The number of likely N-dealkylation sites (tertiary alicyclic amines) is 1. The predicted octanol–water partition coefficient (Wildman–Crippen LogP) is 3.63. The zero-order chi connectivity index (χ0) is 12.4. The molecule has 0 spiro atoms. The summed E-state index contributed by atoms with van der Waals surface area (Å²) in [6.45, 7) is 6.00. The number of rotatable bonds is 1. The summed E-state index contributed by atoms with van der Waals surface area (Å²) in [4.78, 5) is 14.4. The maximum atomic E-state index is 12.4. The van der Waals surface area contributed by atoms with Gasteiger partial charge in [-0.1, -0.05) is 28.9 Å². The molecule has 2 nitrogen and oxygen atoms in total. The highest BCUT2D eigenvalue weighted by Crippen LogP contribution is 2.23. The number of halogens is 1. The van der Waals surface area contributed by atoms with Gasteiger partial charge in [-0.05, 0) is 43.4 Å². The molecule has 0 N–H and O–H groups in total. The molecule has 1 aromatic carbocycles. The van der Waals surface area contributed by atoms with E-state index in [0.717, 1.165) is 35.1 Å². The molecule has 3 heteroatoms. The first-order valence-corrected chi connectivity index (χ1v) is 6.93. The molecule has 1 atom stereocenters. The molecule has 1 aliphatic rings. The van der Waals surface area contributed by atoms with E-state index >= 15 is 0 Å². The van der Waals surface area contributed by atoms with Crippen molar-refractivity contribution in [2.75, 3.05) is 13.1 Å². The Bertz CT molecular complexity index is 430. The van der Waals surface area contributed by atoms with E-state index in [1.54, 1.807) is 0 Å². The van der Waals surface area contributed by atoms with E-state index in [4.69, 9.17) is 0 Å². The normalized spacial score (nSPS) is 20.4. The van der Waals surface area contributed by atoms with Crippen LogP contribution in [0.2, 0.25) is 0 Å². The van der Waals surface area contributed by atoms with Crippen LogP contribution in [-0.4, -0.2) is 23.9 Å². The van der Waals surface area contributed by atoms with Crippen molar-refractivity contribution in [1.29, 1.82) is 0 Å². The average molecular weight is 296 g/mol. The number of hydrogen-bond donors (Lipinski definition) is 0. The topological polar surface area (TPSA) is 20.3 Å². The Hall–Kier alpha value is -0.830. The van der Waals surface area contributed by atoms with Gasteiger partial charge in [0.25, 0.3) is 5.91 Å². The zero-order valence-corrected chi connectivity index (χ0v) is 12.0. The third kappa shape index (κ3) is 2.71. The number of carbonyl (C=O) groups is 1. The maximum absolute atomic E-state index is 12.4. The van der Waals surface area contributed by atoms with Crippen LogP contribution < -0.4 is 0 Å². The van der Waals surface area contributed by atoms with Gasteiger partial charge in [-0.25, -0.2) is 0 Å². The number of nitrogens with zero attached hydrogens (tertiary/aromatic N) is 1.